The quantitative estimate of drug-likeness (QED) is 0.541. The third kappa shape index (κ3) is 3.59. The zero-order valence-electron chi connectivity index (χ0n) is 15.5. The Balaban J connectivity index is 1.75. The second-order valence-electron chi connectivity index (χ2n) is 6.42. The molecule has 0 saturated heterocycles. The van der Waals surface area contributed by atoms with E-state index in [1.807, 2.05) is 30.3 Å². The maximum Gasteiger partial charge on any atom is 0.331 e. The van der Waals surface area contributed by atoms with Crippen LogP contribution >= 0.6 is 11.5 Å². The van der Waals surface area contributed by atoms with E-state index in [9.17, 15) is 14.4 Å². The highest BCUT2D eigenvalue weighted by Crippen LogP contribution is 2.26. The fourth-order valence-electron chi connectivity index (χ4n) is 3.01. The molecule has 0 atom stereocenters. The SMILES string of the molecule is Cn1c(=O)c2snc(-c3ccccn3)c2n(CC(=O)NCc2ccccc2)c1=O. The number of hydrogen-bond acceptors (Lipinski definition) is 6. The summed E-state index contributed by atoms with van der Waals surface area (Å²) in [5.41, 5.74) is 1.21. The number of hydrogen-bond donors (Lipinski definition) is 1. The second-order valence-corrected chi connectivity index (χ2v) is 7.19. The second kappa shape index (κ2) is 7.80. The van der Waals surface area contributed by atoms with Crippen LogP contribution in [0.15, 0.2) is 64.3 Å². The molecule has 0 radical (unpaired) electrons. The molecule has 3 aromatic heterocycles. The van der Waals surface area contributed by atoms with E-state index >= 15 is 0 Å². The number of nitrogens with zero attached hydrogens (tertiary/aromatic N) is 4. The average molecular weight is 407 g/mol. The van der Waals surface area contributed by atoms with E-state index in [0.29, 0.717) is 28.1 Å². The van der Waals surface area contributed by atoms with Crippen LogP contribution in [0.4, 0.5) is 0 Å². The molecule has 1 amide bonds. The van der Waals surface area contributed by atoms with Crippen molar-refractivity contribution in [3.63, 3.8) is 0 Å². The van der Waals surface area contributed by atoms with Gasteiger partial charge in [0.25, 0.3) is 5.56 Å². The van der Waals surface area contributed by atoms with Gasteiger partial charge in [-0.25, -0.2) is 4.79 Å². The van der Waals surface area contributed by atoms with Crippen molar-refractivity contribution in [1.29, 1.82) is 0 Å². The average Bonchev–Trinajstić information content (AvgIpc) is 3.20. The molecule has 0 fully saturated rings. The molecule has 9 heteroatoms. The highest BCUT2D eigenvalue weighted by atomic mass is 32.1. The number of benzene rings is 1. The fourth-order valence-corrected chi connectivity index (χ4v) is 3.88. The molecule has 0 aliphatic rings. The fraction of sp³-hybridized carbons (Fsp3) is 0.150. The van der Waals surface area contributed by atoms with Gasteiger partial charge in [-0.3, -0.25) is 23.7 Å². The summed E-state index contributed by atoms with van der Waals surface area (Å²) >= 11 is 0.995. The number of fused-ring (bicyclic) bond motifs is 1. The largest absolute Gasteiger partial charge is 0.350 e. The van der Waals surface area contributed by atoms with Crippen molar-refractivity contribution in [1.82, 2.24) is 23.8 Å². The highest BCUT2D eigenvalue weighted by Gasteiger charge is 2.21. The van der Waals surface area contributed by atoms with Gasteiger partial charge in [0.2, 0.25) is 5.91 Å². The first-order chi connectivity index (χ1) is 14.1. The molecule has 3 heterocycles. The lowest BCUT2D eigenvalue weighted by Crippen LogP contribution is -2.40. The number of rotatable bonds is 5. The minimum absolute atomic E-state index is 0.228. The smallest absolute Gasteiger partial charge is 0.331 e. The van der Waals surface area contributed by atoms with Crippen LogP contribution < -0.4 is 16.6 Å². The standard InChI is InChI=1S/C20H17N5O3S/c1-24-19(27)18-17(16(23-29-18)14-9-5-6-10-21-14)25(20(24)28)12-15(26)22-11-13-7-3-2-4-8-13/h2-10H,11-12H2,1H3,(H,22,26). The minimum atomic E-state index is -0.574. The van der Waals surface area contributed by atoms with Crippen molar-refractivity contribution in [2.45, 2.75) is 13.1 Å². The summed E-state index contributed by atoms with van der Waals surface area (Å²) in [4.78, 5) is 42.2. The Morgan fingerprint density at radius 3 is 2.59 bits per heavy atom. The lowest BCUT2D eigenvalue weighted by atomic mass is 10.2. The molecule has 1 aromatic carbocycles. The first-order valence-corrected chi connectivity index (χ1v) is 9.65. The van der Waals surface area contributed by atoms with Gasteiger partial charge in [0.1, 0.15) is 16.9 Å². The Morgan fingerprint density at radius 2 is 1.86 bits per heavy atom. The van der Waals surface area contributed by atoms with Crippen LogP contribution in [-0.2, 0) is 24.9 Å². The van der Waals surface area contributed by atoms with Gasteiger partial charge < -0.3 is 5.32 Å². The maximum absolute atomic E-state index is 12.8. The number of carbonyl (C=O) groups excluding carboxylic acids is 1. The summed E-state index contributed by atoms with van der Waals surface area (Å²) in [5, 5.41) is 2.81. The minimum Gasteiger partial charge on any atom is -0.350 e. The van der Waals surface area contributed by atoms with Gasteiger partial charge in [-0.05, 0) is 29.2 Å². The van der Waals surface area contributed by atoms with Crippen LogP contribution in [0.2, 0.25) is 0 Å². The van der Waals surface area contributed by atoms with Crippen molar-refractivity contribution in [3.8, 4) is 11.4 Å². The topological polar surface area (TPSA) is 98.9 Å². The van der Waals surface area contributed by atoms with Crippen molar-refractivity contribution < 1.29 is 4.79 Å². The third-order valence-corrected chi connectivity index (χ3v) is 5.32. The van der Waals surface area contributed by atoms with Gasteiger partial charge >= 0.3 is 5.69 Å². The number of pyridine rings is 1. The molecule has 0 spiro atoms. The molecular weight excluding hydrogens is 390 g/mol. The lowest BCUT2D eigenvalue weighted by molar-refractivity contribution is -0.121. The number of amides is 1. The predicted molar refractivity (Wildman–Crippen MR) is 111 cm³/mol. The third-order valence-electron chi connectivity index (χ3n) is 4.50. The monoisotopic (exact) mass is 407 g/mol. The number of aromatic nitrogens is 4. The Bertz CT molecular complexity index is 1290. The normalized spacial score (nSPS) is 10.9. The molecule has 4 rings (SSSR count). The van der Waals surface area contributed by atoms with Crippen LogP contribution in [0.1, 0.15) is 5.56 Å². The van der Waals surface area contributed by atoms with E-state index in [2.05, 4.69) is 14.7 Å². The zero-order chi connectivity index (χ0) is 20.4. The first kappa shape index (κ1) is 18.8. The summed E-state index contributed by atoms with van der Waals surface area (Å²) in [6.45, 7) is 0.118. The summed E-state index contributed by atoms with van der Waals surface area (Å²) in [6.07, 6.45) is 1.61. The van der Waals surface area contributed by atoms with Crippen molar-refractivity contribution in [3.05, 3.63) is 81.1 Å². The Kier molecular flexibility index (Phi) is 5.05. The van der Waals surface area contributed by atoms with Gasteiger partial charge in [0.15, 0.2) is 0 Å². The Hall–Kier alpha value is -3.59. The number of carbonyl (C=O) groups is 1. The highest BCUT2D eigenvalue weighted by molar-refractivity contribution is 7.13. The van der Waals surface area contributed by atoms with Gasteiger partial charge in [-0.2, -0.15) is 4.37 Å². The van der Waals surface area contributed by atoms with E-state index in [0.717, 1.165) is 21.7 Å². The van der Waals surface area contributed by atoms with Gasteiger partial charge in [0.05, 0.1) is 11.2 Å². The van der Waals surface area contributed by atoms with E-state index in [1.165, 1.54) is 11.6 Å². The molecule has 4 aromatic rings. The summed E-state index contributed by atoms with van der Waals surface area (Å²) in [5.74, 6) is -0.339. The molecular formula is C20H17N5O3S. The maximum atomic E-state index is 12.8. The molecule has 1 N–H and O–H groups in total. The van der Waals surface area contributed by atoms with E-state index in [-0.39, 0.29) is 12.5 Å². The van der Waals surface area contributed by atoms with Gasteiger partial charge in [0, 0.05) is 19.8 Å². The van der Waals surface area contributed by atoms with Gasteiger partial charge in [-0.15, -0.1) is 0 Å². The summed E-state index contributed by atoms with van der Waals surface area (Å²) in [6, 6.07) is 14.8. The first-order valence-electron chi connectivity index (χ1n) is 8.87. The molecule has 146 valence electrons. The molecule has 0 saturated carbocycles. The van der Waals surface area contributed by atoms with E-state index in [1.54, 1.807) is 24.4 Å². The van der Waals surface area contributed by atoms with E-state index in [4.69, 9.17) is 0 Å². The van der Waals surface area contributed by atoms with Gasteiger partial charge in [-0.1, -0.05) is 36.4 Å². The van der Waals surface area contributed by atoms with Crippen LogP contribution in [0.5, 0.6) is 0 Å². The molecule has 0 unspecified atom stereocenters. The van der Waals surface area contributed by atoms with Crippen molar-refractivity contribution in [2.24, 2.45) is 7.05 Å². The predicted octanol–water partition coefficient (Wildman–Crippen LogP) is 1.54. The summed E-state index contributed by atoms with van der Waals surface area (Å²) in [7, 11) is 1.39. The molecule has 0 aliphatic carbocycles. The molecule has 29 heavy (non-hydrogen) atoms. The van der Waals surface area contributed by atoms with Crippen molar-refractivity contribution in [2.75, 3.05) is 0 Å². The molecule has 8 nitrogen and oxygen atoms in total. The zero-order valence-corrected chi connectivity index (χ0v) is 16.3. The summed E-state index contributed by atoms with van der Waals surface area (Å²) < 4.78 is 6.93. The Labute approximate surface area is 169 Å². The van der Waals surface area contributed by atoms with Crippen LogP contribution in [0.25, 0.3) is 21.6 Å². The van der Waals surface area contributed by atoms with Crippen LogP contribution in [0, 0.1) is 0 Å². The Morgan fingerprint density at radius 1 is 1.10 bits per heavy atom. The molecule has 0 aliphatic heterocycles. The van der Waals surface area contributed by atoms with E-state index < -0.39 is 11.2 Å². The van der Waals surface area contributed by atoms with Crippen molar-refractivity contribution >= 4 is 27.7 Å². The molecule has 0 bridgehead atoms. The number of nitrogens with one attached hydrogen (secondary N) is 1. The van der Waals surface area contributed by atoms with Crippen LogP contribution in [0.3, 0.4) is 0 Å². The lowest BCUT2D eigenvalue weighted by Gasteiger charge is -2.11. The van der Waals surface area contributed by atoms with Crippen LogP contribution in [-0.4, -0.2) is 24.4 Å².